The van der Waals surface area contributed by atoms with Crippen molar-refractivity contribution in [2.75, 3.05) is 6.54 Å². The first kappa shape index (κ1) is 6.39. The average molecular weight is 133 g/mol. The Morgan fingerprint density at radius 3 is 2.75 bits per heavy atom. The smallest absolute Gasteiger partial charge is 0.112 e. The SMILES string of the molecule is OC(S)C1CCCN1. The van der Waals surface area contributed by atoms with Gasteiger partial charge >= 0.3 is 0 Å². The Morgan fingerprint density at radius 2 is 2.50 bits per heavy atom. The van der Waals surface area contributed by atoms with E-state index in [-0.39, 0.29) is 6.04 Å². The molecule has 0 amide bonds. The van der Waals surface area contributed by atoms with E-state index in [1.165, 1.54) is 6.42 Å². The number of hydrogen-bond acceptors (Lipinski definition) is 3. The Kier molecular flexibility index (Phi) is 2.16. The highest BCUT2D eigenvalue weighted by Crippen LogP contribution is 2.10. The largest absolute Gasteiger partial charge is 0.381 e. The molecule has 0 aromatic carbocycles. The zero-order chi connectivity index (χ0) is 5.98. The van der Waals surface area contributed by atoms with Crippen LogP contribution in [0.5, 0.6) is 0 Å². The molecule has 0 radical (unpaired) electrons. The van der Waals surface area contributed by atoms with Crippen LogP contribution in [0.4, 0.5) is 0 Å². The van der Waals surface area contributed by atoms with E-state index in [4.69, 9.17) is 5.11 Å². The Labute approximate surface area is 54.7 Å². The van der Waals surface area contributed by atoms with Crippen LogP contribution >= 0.6 is 12.6 Å². The van der Waals surface area contributed by atoms with E-state index in [1.54, 1.807) is 0 Å². The van der Waals surface area contributed by atoms with Crippen molar-refractivity contribution in [2.45, 2.75) is 24.3 Å². The molecule has 3 heteroatoms. The molecule has 1 aliphatic rings. The fourth-order valence-corrected chi connectivity index (χ4v) is 1.22. The van der Waals surface area contributed by atoms with E-state index < -0.39 is 5.44 Å². The van der Waals surface area contributed by atoms with Crippen LogP contribution in [-0.2, 0) is 0 Å². The van der Waals surface area contributed by atoms with Crippen LogP contribution in [0.3, 0.4) is 0 Å². The van der Waals surface area contributed by atoms with Gasteiger partial charge in [-0.3, -0.25) is 0 Å². The molecular formula is C5H11NOS. The highest BCUT2D eigenvalue weighted by Gasteiger charge is 2.18. The topological polar surface area (TPSA) is 32.3 Å². The van der Waals surface area contributed by atoms with Gasteiger partial charge in [0.05, 0.1) is 0 Å². The number of rotatable bonds is 1. The highest BCUT2D eigenvalue weighted by atomic mass is 32.1. The predicted molar refractivity (Wildman–Crippen MR) is 36.0 cm³/mol. The molecule has 2 nitrogen and oxygen atoms in total. The summed E-state index contributed by atoms with van der Waals surface area (Å²) in [7, 11) is 0. The Balaban J connectivity index is 2.24. The summed E-state index contributed by atoms with van der Waals surface area (Å²) in [6.07, 6.45) is 2.23. The van der Waals surface area contributed by atoms with E-state index in [0.717, 1.165) is 13.0 Å². The summed E-state index contributed by atoms with van der Waals surface area (Å²) in [5.74, 6) is 0. The minimum Gasteiger partial charge on any atom is -0.381 e. The maximum absolute atomic E-state index is 8.85. The molecule has 48 valence electrons. The number of thiol groups is 1. The first-order chi connectivity index (χ1) is 3.80. The van der Waals surface area contributed by atoms with Gasteiger partial charge in [0.2, 0.25) is 0 Å². The second-order valence-electron chi connectivity index (χ2n) is 2.12. The third-order valence-electron chi connectivity index (χ3n) is 1.46. The van der Waals surface area contributed by atoms with Crippen LogP contribution < -0.4 is 5.32 Å². The maximum Gasteiger partial charge on any atom is 0.112 e. The van der Waals surface area contributed by atoms with E-state index in [9.17, 15) is 0 Å². The quantitative estimate of drug-likeness (QED) is 0.347. The zero-order valence-electron chi connectivity index (χ0n) is 4.67. The van der Waals surface area contributed by atoms with Crippen LogP contribution in [-0.4, -0.2) is 23.1 Å². The van der Waals surface area contributed by atoms with Crippen molar-refractivity contribution in [3.8, 4) is 0 Å². The predicted octanol–water partition coefficient (Wildman–Crippen LogP) is -0.0134. The lowest BCUT2D eigenvalue weighted by Gasteiger charge is -2.10. The van der Waals surface area contributed by atoms with E-state index in [2.05, 4.69) is 17.9 Å². The third-order valence-corrected chi connectivity index (χ3v) is 1.82. The van der Waals surface area contributed by atoms with Crippen molar-refractivity contribution in [1.29, 1.82) is 0 Å². The minimum absolute atomic E-state index is 0.235. The Bertz CT molecular complexity index is 70.8. The molecule has 1 fully saturated rings. The molecule has 2 atom stereocenters. The lowest BCUT2D eigenvalue weighted by molar-refractivity contribution is 0.222. The minimum atomic E-state index is -0.475. The fourth-order valence-electron chi connectivity index (χ4n) is 0.966. The summed E-state index contributed by atoms with van der Waals surface area (Å²) < 4.78 is 0. The van der Waals surface area contributed by atoms with E-state index in [1.807, 2.05) is 0 Å². The van der Waals surface area contributed by atoms with Crippen LogP contribution in [0.2, 0.25) is 0 Å². The lowest BCUT2D eigenvalue weighted by Crippen LogP contribution is -2.30. The summed E-state index contributed by atoms with van der Waals surface area (Å²) in [5.41, 5.74) is -0.475. The Hall–Kier alpha value is 0.270. The number of aliphatic hydroxyl groups is 1. The molecule has 2 unspecified atom stereocenters. The van der Waals surface area contributed by atoms with Crippen molar-refractivity contribution >= 4 is 12.6 Å². The molecule has 1 heterocycles. The van der Waals surface area contributed by atoms with E-state index in [0.29, 0.717) is 0 Å². The monoisotopic (exact) mass is 133 g/mol. The molecule has 1 aliphatic heterocycles. The van der Waals surface area contributed by atoms with Gasteiger partial charge < -0.3 is 10.4 Å². The van der Waals surface area contributed by atoms with Gasteiger partial charge in [-0.1, -0.05) is 0 Å². The van der Waals surface area contributed by atoms with Gasteiger partial charge in [0.25, 0.3) is 0 Å². The first-order valence-corrected chi connectivity index (χ1v) is 3.42. The summed E-state index contributed by atoms with van der Waals surface area (Å²) in [5, 5.41) is 12.0. The first-order valence-electron chi connectivity index (χ1n) is 2.90. The van der Waals surface area contributed by atoms with Crippen LogP contribution in [0.15, 0.2) is 0 Å². The summed E-state index contributed by atoms with van der Waals surface area (Å²) >= 11 is 3.89. The van der Waals surface area contributed by atoms with Crippen molar-refractivity contribution < 1.29 is 5.11 Å². The molecule has 0 aliphatic carbocycles. The summed E-state index contributed by atoms with van der Waals surface area (Å²) in [6, 6.07) is 0.235. The van der Waals surface area contributed by atoms with Gasteiger partial charge in [-0.25, -0.2) is 0 Å². The van der Waals surface area contributed by atoms with Crippen molar-refractivity contribution in [1.82, 2.24) is 5.32 Å². The van der Waals surface area contributed by atoms with Gasteiger partial charge in [-0.15, -0.1) is 12.6 Å². The standard InChI is InChI=1S/C5H11NOS/c7-5(8)4-2-1-3-6-4/h4-8H,1-3H2. The molecule has 2 N–H and O–H groups in total. The third kappa shape index (κ3) is 1.37. The van der Waals surface area contributed by atoms with E-state index >= 15 is 0 Å². The number of nitrogens with one attached hydrogen (secondary N) is 1. The normalized spacial score (nSPS) is 33.0. The molecule has 0 aromatic rings. The molecule has 0 saturated carbocycles. The van der Waals surface area contributed by atoms with Crippen LogP contribution in [0.25, 0.3) is 0 Å². The van der Waals surface area contributed by atoms with Crippen molar-refractivity contribution in [3.05, 3.63) is 0 Å². The van der Waals surface area contributed by atoms with Crippen LogP contribution in [0.1, 0.15) is 12.8 Å². The van der Waals surface area contributed by atoms with Crippen molar-refractivity contribution in [2.24, 2.45) is 0 Å². The van der Waals surface area contributed by atoms with Gasteiger partial charge in [0, 0.05) is 6.04 Å². The molecule has 0 aromatic heterocycles. The number of hydrogen-bond donors (Lipinski definition) is 3. The molecular weight excluding hydrogens is 122 g/mol. The molecule has 1 rings (SSSR count). The second-order valence-corrected chi connectivity index (χ2v) is 2.65. The fraction of sp³-hybridized carbons (Fsp3) is 1.00. The Morgan fingerprint density at radius 1 is 1.75 bits per heavy atom. The number of aliphatic hydroxyl groups excluding tert-OH is 1. The van der Waals surface area contributed by atoms with Gasteiger partial charge in [-0.2, -0.15) is 0 Å². The summed E-state index contributed by atoms with van der Waals surface area (Å²) in [6.45, 7) is 1.03. The highest BCUT2D eigenvalue weighted by molar-refractivity contribution is 7.80. The molecule has 0 bridgehead atoms. The second kappa shape index (κ2) is 2.71. The van der Waals surface area contributed by atoms with Gasteiger partial charge in [0.15, 0.2) is 0 Å². The van der Waals surface area contributed by atoms with Crippen molar-refractivity contribution in [3.63, 3.8) is 0 Å². The zero-order valence-corrected chi connectivity index (χ0v) is 5.56. The average Bonchev–Trinajstić information content (AvgIpc) is 2.12. The summed E-state index contributed by atoms with van der Waals surface area (Å²) in [4.78, 5) is 0. The molecule has 8 heavy (non-hydrogen) atoms. The maximum atomic E-state index is 8.85. The van der Waals surface area contributed by atoms with Gasteiger partial charge in [0.1, 0.15) is 5.44 Å². The lowest BCUT2D eigenvalue weighted by atomic mass is 10.2. The molecule has 0 spiro atoms. The van der Waals surface area contributed by atoms with Crippen LogP contribution in [0, 0.1) is 0 Å². The molecule has 1 saturated heterocycles. The van der Waals surface area contributed by atoms with Gasteiger partial charge in [-0.05, 0) is 19.4 Å².